The minimum absolute atomic E-state index is 0.0476. The lowest BCUT2D eigenvalue weighted by Crippen LogP contribution is -2.40. The molecular formula is C17H23NO5. The van der Waals surface area contributed by atoms with Crippen LogP contribution in [0.25, 0.3) is 0 Å². The van der Waals surface area contributed by atoms with E-state index in [1.807, 2.05) is 6.92 Å². The second-order valence-corrected chi connectivity index (χ2v) is 5.94. The summed E-state index contributed by atoms with van der Waals surface area (Å²) in [7, 11) is 0. The molecule has 2 unspecified atom stereocenters. The molecule has 1 aliphatic rings. The molecule has 1 aromatic carbocycles. The highest BCUT2D eigenvalue weighted by atomic mass is 16.5. The molecule has 0 aliphatic carbocycles. The number of carboxylic acid groups (broad SMARTS) is 1. The number of rotatable bonds is 6. The second kappa shape index (κ2) is 7.46. The fraction of sp³-hybridized carbons (Fsp3) is 0.529. The molecule has 6 nitrogen and oxygen atoms in total. The zero-order valence-electron chi connectivity index (χ0n) is 13.7. The molecule has 2 rings (SSSR count). The van der Waals surface area contributed by atoms with Crippen molar-refractivity contribution in [1.29, 1.82) is 0 Å². The molecule has 0 aromatic heterocycles. The van der Waals surface area contributed by atoms with E-state index in [-0.39, 0.29) is 18.1 Å². The average molecular weight is 321 g/mol. The maximum Gasteiger partial charge on any atom is 0.341 e. The van der Waals surface area contributed by atoms with Gasteiger partial charge in [-0.25, -0.2) is 4.79 Å². The number of benzene rings is 1. The summed E-state index contributed by atoms with van der Waals surface area (Å²) in [5.41, 5.74) is 2.01. The Morgan fingerprint density at radius 3 is 2.57 bits per heavy atom. The van der Waals surface area contributed by atoms with Crippen molar-refractivity contribution in [2.75, 3.05) is 13.2 Å². The van der Waals surface area contributed by atoms with Crippen molar-refractivity contribution in [3.8, 4) is 5.75 Å². The van der Waals surface area contributed by atoms with Gasteiger partial charge in [0.15, 0.2) is 6.61 Å². The minimum Gasteiger partial charge on any atom is -0.481 e. The molecule has 2 atom stereocenters. The van der Waals surface area contributed by atoms with Crippen LogP contribution in [0.4, 0.5) is 0 Å². The van der Waals surface area contributed by atoms with Crippen LogP contribution in [0.5, 0.6) is 5.75 Å². The van der Waals surface area contributed by atoms with Gasteiger partial charge in [-0.05, 0) is 56.9 Å². The summed E-state index contributed by atoms with van der Waals surface area (Å²) in [5, 5.41) is 11.7. The maximum absolute atomic E-state index is 12.4. The molecule has 2 N–H and O–H groups in total. The number of hydrogen-bond acceptors (Lipinski definition) is 4. The fourth-order valence-electron chi connectivity index (χ4n) is 2.82. The van der Waals surface area contributed by atoms with Crippen molar-refractivity contribution >= 4 is 11.9 Å². The van der Waals surface area contributed by atoms with Gasteiger partial charge in [0, 0.05) is 12.2 Å². The van der Waals surface area contributed by atoms with Crippen LogP contribution < -0.4 is 10.1 Å². The first-order valence-electron chi connectivity index (χ1n) is 7.76. The highest BCUT2D eigenvalue weighted by Gasteiger charge is 2.24. The lowest BCUT2D eigenvalue weighted by atomic mass is 10.0. The van der Waals surface area contributed by atoms with Gasteiger partial charge < -0.3 is 19.9 Å². The Morgan fingerprint density at radius 1 is 1.39 bits per heavy atom. The van der Waals surface area contributed by atoms with Crippen molar-refractivity contribution < 1.29 is 24.2 Å². The minimum atomic E-state index is -1.03. The van der Waals surface area contributed by atoms with Gasteiger partial charge in [-0.1, -0.05) is 0 Å². The smallest absolute Gasteiger partial charge is 0.341 e. The molecule has 1 saturated heterocycles. The predicted octanol–water partition coefficient (Wildman–Crippen LogP) is 2.06. The lowest BCUT2D eigenvalue weighted by Gasteiger charge is -2.20. The molecule has 0 spiro atoms. The molecule has 1 aromatic rings. The normalized spacial score (nSPS) is 18.5. The number of nitrogens with one attached hydrogen (secondary N) is 1. The molecule has 1 aliphatic heterocycles. The molecule has 0 radical (unpaired) electrons. The average Bonchev–Trinajstić information content (AvgIpc) is 3.00. The first-order chi connectivity index (χ1) is 10.9. The number of ether oxygens (including phenoxy) is 2. The number of carbonyl (C=O) groups is 2. The number of aliphatic carboxylic acids is 1. The van der Waals surface area contributed by atoms with Crippen LogP contribution in [-0.4, -0.2) is 42.3 Å². The van der Waals surface area contributed by atoms with Crippen LogP contribution in [-0.2, 0) is 9.53 Å². The van der Waals surface area contributed by atoms with E-state index in [0.29, 0.717) is 11.3 Å². The highest BCUT2D eigenvalue weighted by Crippen LogP contribution is 2.25. The van der Waals surface area contributed by atoms with Gasteiger partial charge in [0.05, 0.1) is 12.1 Å². The van der Waals surface area contributed by atoms with Crippen molar-refractivity contribution in [3.05, 3.63) is 28.8 Å². The van der Waals surface area contributed by atoms with Gasteiger partial charge in [-0.15, -0.1) is 0 Å². The van der Waals surface area contributed by atoms with Crippen molar-refractivity contribution in [2.24, 2.45) is 0 Å². The van der Waals surface area contributed by atoms with Crippen molar-refractivity contribution in [2.45, 2.75) is 45.8 Å². The zero-order chi connectivity index (χ0) is 17.0. The Kier molecular flexibility index (Phi) is 5.60. The molecule has 1 fully saturated rings. The summed E-state index contributed by atoms with van der Waals surface area (Å²) in [6.45, 7) is 5.88. The van der Waals surface area contributed by atoms with E-state index in [2.05, 4.69) is 5.32 Å². The number of hydrogen-bond donors (Lipinski definition) is 2. The van der Waals surface area contributed by atoms with Crippen LogP contribution in [0.2, 0.25) is 0 Å². The Bertz CT molecular complexity index is 570. The summed E-state index contributed by atoms with van der Waals surface area (Å²) in [5.74, 6) is -0.684. The molecule has 126 valence electrons. The molecule has 23 heavy (non-hydrogen) atoms. The molecule has 1 amide bonds. The highest BCUT2D eigenvalue weighted by molar-refractivity contribution is 5.95. The van der Waals surface area contributed by atoms with Crippen LogP contribution >= 0.6 is 0 Å². The third kappa shape index (κ3) is 4.45. The van der Waals surface area contributed by atoms with Crippen LogP contribution in [0.15, 0.2) is 12.1 Å². The van der Waals surface area contributed by atoms with Crippen LogP contribution in [0, 0.1) is 13.8 Å². The largest absolute Gasteiger partial charge is 0.481 e. The third-order valence-corrected chi connectivity index (χ3v) is 3.94. The van der Waals surface area contributed by atoms with E-state index in [9.17, 15) is 9.59 Å². The standard InChI is InChI=1S/C17H23NO5/c1-10-7-13(8-11(2)16(10)23-9-15(19)20)17(21)18-12(3)14-5-4-6-22-14/h7-8,12,14H,4-6,9H2,1-3H3,(H,18,21)(H,19,20). The van der Waals surface area contributed by atoms with Gasteiger partial charge in [-0.2, -0.15) is 0 Å². The van der Waals surface area contributed by atoms with E-state index in [0.717, 1.165) is 30.6 Å². The Balaban J connectivity index is 2.07. The Morgan fingerprint density at radius 2 is 2.04 bits per heavy atom. The first kappa shape index (κ1) is 17.3. The van der Waals surface area contributed by atoms with Crippen molar-refractivity contribution in [1.82, 2.24) is 5.32 Å². The number of aryl methyl sites for hydroxylation is 2. The fourth-order valence-corrected chi connectivity index (χ4v) is 2.82. The van der Waals surface area contributed by atoms with Gasteiger partial charge in [0.2, 0.25) is 0 Å². The van der Waals surface area contributed by atoms with Crippen molar-refractivity contribution in [3.63, 3.8) is 0 Å². The number of carboxylic acids is 1. The second-order valence-electron chi connectivity index (χ2n) is 5.94. The van der Waals surface area contributed by atoms with E-state index >= 15 is 0 Å². The summed E-state index contributed by atoms with van der Waals surface area (Å²) in [6, 6.07) is 3.37. The van der Waals surface area contributed by atoms with E-state index in [4.69, 9.17) is 14.6 Å². The van der Waals surface area contributed by atoms with E-state index in [1.54, 1.807) is 26.0 Å². The number of amides is 1. The van der Waals surface area contributed by atoms with Gasteiger partial charge in [0.25, 0.3) is 5.91 Å². The van der Waals surface area contributed by atoms with Gasteiger partial charge in [-0.3, -0.25) is 4.79 Å². The molecule has 0 saturated carbocycles. The topological polar surface area (TPSA) is 84.9 Å². The predicted molar refractivity (Wildman–Crippen MR) is 84.9 cm³/mol. The molecular weight excluding hydrogens is 298 g/mol. The maximum atomic E-state index is 12.4. The zero-order valence-corrected chi connectivity index (χ0v) is 13.7. The molecule has 1 heterocycles. The summed E-state index contributed by atoms with van der Waals surface area (Å²) < 4.78 is 10.9. The van der Waals surface area contributed by atoms with E-state index < -0.39 is 12.6 Å². The monoisotopic (exact) mass is 321 g/mol. The van der Waals surface area contributed by atoms with E-state index in [1.165, 1.54) is 0 Å². The van der Waals surface area contributed by atoms with Gasteiger partial charge >= 0.3 is 5.97 Å². The molecule has 0 bridgehead atoms. The van der Waals surface area contributed by atoms with Crippen LogP contribution in [0.1, 0.15) is 41.3 Å². The number of carbonyl (C=O) groups excluding carboxylic acids is 1. The molecule has 6 heteroatoms. The summed E-state index contributed by atoms with van der Waals surface area (Å²) in [6.07, 6.45) is 2.06. The summed E-state index contributed by atoms with van der Waals surface area (Å²) >= 11 is 0. The Labute approximate surface area is 135 Å². The third-order valence-electron chi connectivity index (χ3n) is 3.94. The lowest BCUT2D eigenvalue weighted by molar-refractivity contribution is -0.139. The first-order valence-corrected chi connectivity index (χ1v) is 7.76. The quantitative estimate of drug-likeness (QED) is 0.838. The summed E-state index contributed by atoms with van der Waals surface area (Å²) in [4.78, 5) is 23.0. The van der Waals surface area contributed by atoms with Gasteiger partial charge in [0.1, 0.15) is 5.75 Å². The van der Waals surface area contributed by atoms with Crippen LogP contribution in [0.3, 0.4) is 0 Å². The Hall–Kier alpha value is -2.08. The SMILES string of the molecule is Cc1cc(C(=O)NC(C)C2CCCO2)cc(C)c1OCC(=O)O.